The number of hydrogen-bond acceptors (Lipinski definition) is 2. The molecule has 20 heavy (non-hydrogen) atoms. The highest BCUT2D eigenvalue weighted by Gasteiger charge is 2.35. The third kappa shape index (κ3) is 1.96. The maximum absolute atomic E-state index is 13.0. The summed E-state index contributed by atoms with van der Waals surface area (Å²) in [6.45, 7) is 0. The summed E-state index contributed by atoms with van der Waals surface area (Å²) >= 11 is 0.697. The fraction of sp³-hybridized carbons (Fsp3) is 0.143. The number of halogens is 3. The van der Waals surface area contributed by atoms with Gasteiger partial charge in [0, 0.05) is 28.2 Å². The molecule has 2 aromatic heterocycles. The summed E-state index contributed by atoms with van der Waals surface area (Å²) in [6.07, 6.45) is -2.76. The molecule has 3 rings (SSSR count). The van der Waals surface area contributed by atoms with Crippen molar-refractivity contribution in [1.29, 1.82) is 0 Å². The third-order valence-corrected chi connectivity index (χ3v) is 4.06. The molecule has 0 radical (unpaired) electrons. The van der Waals surface area contributed by atoms with Crippen LogP contribution in [0.5, 0.6) is 5.75 Å². The molecule has 0 amide bonds. The molecule has 1 N–H and O–H groups in total. The van der Waals surface area contributed by atoms with Gasteiger partial charge in [-0.15, -0.1) is 11.3 Å². The van der Waals surface area contributed by atoms with E-state index in [2.05, 4.69) is 4.98 Å². The largest absolute Gasteiger partial charge is 0.496 e. The van der Waals surface area contributed by atoms with E-state index in [0.717, 1.165) is 5.52 Å². The van der Waals surface area contributed by atoms with Crippen molar-refractivity contribution in [3.05, 3.63) is 40.7 Å². The maximum atomic E-state index is 13.0. The van der Waals surface area contributed by atoms with Gasteiger partial charge in [-0.05, 0) is 23.6 Å². The van der Waals surface area contributed by atoms with E-state index in [9.17, 15) is 13.2 Å². The highest BCUT2D eigenvalue weighted by molar-refractivity contribution is 7.10. The minimum Gasteiger partial charge on any atom is -0.496 e. The highest BCUT2D eigenvalue weighted by Crippen LogP contribution is 2.44. The molecule has 0 saturated heterocycles. The summed E-state index contributed by atoms with van der Waals surface area (Å²) in [5.74, 6) is 0.554. The average Bonchev–Trinajstić information content (AvgIpc) is 3.03. The van der Waals surface area contributed by atoms with Crippen LogP contribution in [-0.4, -0.2) is 12.1 Å². The molecule has 3 aromatic rings. The van der Waals surface area contributed by atoms with Gasteiger partial charge in [-0.1, -0.05) is 6.07 Å². The van der Waals surface area contributed by atoms with E-state index in [0.29, 0.717) is 28.0 Å². The number of aromatic amines is 1. The number of ether oxygens (including phenoxy) is 1. The predicted molar refractivity (Wildman–Crippen MR) is 73.2 cm³/mol. The Kier molecular flexibility index (Phi) is 2.97. The summed E-state index contributed by atoms with van der Waals surface area (Å²) < 4.78 is 44.3. The number of H-pyrrole nitrogens is 1. The molecule has 2 heterocycles. The molecule has 0 bridgehead atoms. The Morgan fingerprint density at radius 2 is 1.95 bits per heavy atom. The lowest BCUT2D eigenvalue weighted by atomic mass is 10.0. The third-order valence-electron chi connectivity index (χ3n) is 3.10. The summed E-state index contributed by atoms with van der Waals surface area (Å²) in [5, 5.41) is 2.12. The van der Waals surface area contributed by atoms with Crippen LogP contribution in [0.25, 0.3) is 22.0 Å². The van der Waals surface area contributed by atoms with Crippen LogP contribution in [0.1, 0.15) is 4.88 Å². The Bertz CT molecular complexity index is 757. The molecule has 0 aliphatic carbocycles. The van der Waals surface area contributed by atoms with Gasteiger partial charge in [-0.2, -0.15) is 13.2 Å². The Labute approximate surface area is 116 Å². The number of hydrogen-bond donors (Lipinski definition) is 1. The predicted octanol–water partition coefficient (Wildman–Crippen LogP) is 4.92. The Morgan fingerprint density at radius 1 is 1.15 bits per heavy atom. The number of aromatic nitrogens is 1. The van der Waals surface area contributed by atoms with Gasteiger partial charge in [0.15, 0.2) is 0 Å². The fourth-order valence-electron chi connectivity index (χ4n) is 2.27. The lowest BCUT2D eigenvalue weighted by Crippen LogP contribution is -2.03. The zero-order chi connectivity index (χ0) is 14.3. The molecular weight excluding hydrogens is 287 g/mol. The van der Waals surface area contributed by atoms with E-state index in [1.807, 2.05) is 0 Å². The highest BCUT2D eigenvalue weighted by atomic mass is 32.1. The SMILES string of the molecule is COc1cccc2[nH]cc(-c3ccsc3C(F)(F)F)c12. The van der Waals surface area contributed by atoms with Gasteiger partial charge in [0.05, 0.1) is 7.11 Å². The minimum atomic E-state index is -4.35. The molecule has 0 unspecified atom stereocenters. The van der Waals surface area contributed by atoms with Crippen molar-refractivity contribution >= 4 is 22.2 Å². The van der Waals surface area contributed by atoms with Crippen molar-refractivity contribution in [3.8, 4) is 16.9 Å². The molecule has 104 valence electrons. The first-order chi connectivity index (χ1) is 9.52. The van der Waals surface area contributed by atoms with E-state index >= 15 is 0 Å². The molecule has 0 aliphatic rings. The van der Waals surface area contributed by atoms with Crippen molar-refractivity contribution in [2.75, 3.05) is 7.11 Å². The van der Waals surface area contributed by atoms with Crippen LogP contribution < -0.4 is 4.74 Å². The van der Waals surface area contributed by atoms with Crippen molar-refractivity contribution < 1.29 is 17.9 Å². The second-order valence-electron chi connectivity index (χ2n) is 4.25. The number of rotatable bonds is 2. The van der Waals surface area contributed by atoms with Crippen LogP contribution >= 0.6 is 11.3 Å². The van der Waals surface area contributed by atoms with E-state index in [-0.39, 0.29) is 5.56 Å². The van der Waals surface area contributed by atoms with Crippen molar-refractivity contribution in [3.63, 3.8) is 0 Å². The Hall–Kier alpha value is -1.95. The van der Waals surface area contributed by atoms with Gasteiger partial charge >= 0.3 is 6.18 Å². The minimum absolute atomic E-state index is 0.179. The topological polar surface area (TPSA) is 25.0 Å². The summed E-state index contributed by atoms with van der Waals surface area (Å²) in [4.78, 5) is 2.39. The van der Waals surface area contributed by atoms with Crippen LogP contribution in [0.4, 0.5) is 13.2 Å². The van der Waals surface area contributed by atoms with Crippen molar-refractivity contribution in [2.45, 2.75) is 6.18 Å². The van der Waals surface area contributed by atoms with Gasteiger partial charge in [-0.25, -0.2) is 0 Å². The van der Waals surface area contributed by atoms with Crippen LogP contribution in [0, 0.1) is 0 Å². The number of fused-ring (bicyclic) bond motifs is 1. The molecule has 2 nitrogen and oxygen atoms in total. The molecular formula is C14H10F3NOS. The van der Waals surface area contributed by atoms with Crippen LogP contribution in [-0.2, 0) is 6.18 Å². The normalized spacial score (nSPS) is 12.0. The molecule has 6 heteroatoms. The quantitative estimate of drug-likeness (QED) is 0.713. The van der Waals surface area contributed by atoms with Crippen molar-refractivity contribution in [2.24, 2.45) is 0 Å². The number of benzene rings is 1. The lowest BCUT2D eigenvalue weighted by molar-refractivity contribution is -0.133. The standard InChI is InChI=1S/C14H10F3NOS/c1-19-11-4-2-3-10-12(11)9(7-18-10)8-5-6-20-13(8)14(15,16)17/h2-7,18H,1H3. The van der Waals surface area contributed by atoms with E-state index < -0.39 is 11.1 Å². The van der Waals surface area contributed by atoms with E-state index in [4.69, 9.17) is 4.74 Å². The average molecular weight is 297 g/mol. The molecule has 0 aliphatic heterocycles. The molecule has 0 saturated carbocycles. The number of alkyl halides is 3. The summed E-state index contributed by atoms with van der Waals surface area (Å²) in [5.41, 5.74) is 1.43. The van der Waals surface area contributed by atoms with Gasteiger partial charge in [0.25, 0.3) is 0 Å². The molecule has 0 fully saturated rings. The lowest BCUT2D eigenvalue weighted by Gasteiger charge is -2.08. The fourth-order valence-corrected chi connectivity index (χ4v) is 3.05. The van der Waals surface area contributed by atoms with E-state index in [1.54, 1.807) is 24.4 Å². The number of methoxy groups -OCH3 is 1. The maximum Gasteiger partial charge on any atom is 0.426 e. The van der Waals surface area contributed by atoms with Crippen LogP contribution in [0.15, 0.2) is 35.8 Å². The van der Waals surface area contributed by atoms with Gasteiger partial charge in [0.2, 0.25) is 0 Å². The van der Waals surface area contributed by atoms with Crippen LogP contribution in [0.2, 0.25) is 0 Å². The van der Waals surface area contributed by atoms with E-state index in [1.165, 1.54) is 18.6 Å². The zero-order valence-electron chi connectivity index (χ0n) is 10.4. The zero-order valence-corrected chi connectivity index (χ0v) is 11.2. The molecule has 1 aromatic carbocycles. The summed E-state index contributed by atoms with van der Waals surface area (Å²) in [7, 11) is 1.50. The first-order valence-corrected chi connectivity index (χ1v) is 6.69. The summed E-state index contributed by atoms with van der Waals surface area (Å²) in [6, 6.07) is 6.82. The Balaban J connectivity index is 2.29. The Morgan fingerprint density at radius 3 is 2.65 bits per heavy atom. The van der Waals surface area contributed by atoms with Crippen molar-refractivity contribution in [1.82, 2.24) is 4.98 Å². The second-order valence-corrected chi connectivity index (χ2v) is 5.16. The first kappa shape index (κ1) is 13.1. The smallest absolute Gasteiger partial charge is 0.426 e. The van der Waals surface area contributed by atoms with Gasteiger partial charge < -0.3 is 9.72 Å². The number of nitrogens with one attached hydrogen (secondary N) is 1. The molecule has 0 atom stereocenters. The second kappa shape index (κ2) is 4.56. The van der Waals surface area contributed by atoms with Gasteiger partial charge in [0.1, 0.15) is 10.6 Å². The molecule has 0 spiro atoms. The first-order valence-electron chi connectivity index (χ1n) is 5.81. The monoisotopic (exact) mass is 297 g/mol. The van der Waals surface area contributed by atoms with Crippen LogP contribution in [0.3, 0.4) is 0 Å². The number of thiophene rings is 1. The van der Waals surface area contributed by atoms with Gasteiger partial charge in [-0.3, -0.25) is 0 Å².